The molecule has 8 heteroatoms. The first kappa shape index (κ1) is 24.9. The molecule has 3 aromatic rings. The Labute approximate surface area is 204 Å². The number of halogens is 1. The number of carbonyl (C=O) groups excluding carboxylic acids is 1. The first-order chi connectivity index (χ1) is 15.9. The van der Waals surface area contributed by atoms with Crippen molar-refractivity contribution in [2.45, 2.75) is 45.0 Å². The minimum atomic E-state index is -0.341. The van der Waals surface area contributed by atoms with Crippen molar-refractivity contribution in [3.05, 3.63) is 82.7 Å². The Morgan fingerprint density at radius 2 is 1.94 bits per heavy atom. The van der Waals surface area contributed by atoms with Crippen molar-refractivity contribution < 1.29 is 9.53 Å². The third kappa shape index (κ3) is 6.85. The number of thioether (sulfide) groups is 1. The average Bonchev–Trinajstić information content (AvgIpc) is 3.19. The molecule has 0 aliphatic carbocycles. The van der Waals surface area contributed by atoms with Crippen molar-refractivity contribution in [2.24, 2.45) is 0 Å². The lowest BCUT2D eigenvalue weighted by molar-refractivity contribution is -0.118. The Morgan fingerprint density at radius 1 is 1.24 bits per heavy atom. The predicted molar refractivity (Wildman–Crippen MR) is 134 cm³/mol. The zero-order valence-electron chi connectivity index (χ0n) is 19.2. The number of allylic oxidation sites excluding steroid dienone is 1. The number of amides is 1. The summed E-state index contributed by atoms with van der Waals surface area (Å²) < 4.78 is 8.06. The molecule has 0 aliphatic heterocycles. The van der Waals surface area contributed by atoms with Crippen LogP contribution < -0.4 is 10.1 Å². The molecular formula is C25H29ClN4O2S. The summed E-state index contributed by atoms with van der Waals surface area (Å²) in [6.45, 7) is 10.8. The number of hydrogen-bond acceptors (Lipinski definition) is 5. The molecule has 0 saturated carbocycles. The molecule has 2 aromatic carbocycles. The highest BCUT2D eigenvalue weighted by molar-refractivity contribution is 7.99. The molecular weight excluding hydrogens is 456 g/mol. The van der Waals surface area contributed by atoms with Gasteiger partial charge in [0.25, 0.3) is 0 Å². The second-order valence-electron chi connectivity index (χ2n) is 7.75. The van der Waals surface area contributed by atoms with Gasteiger partial charge in [0.1, 0.15) is 5.75 Å². The van der Waals surface area contributed by atoms with E-state index < -0.39 is 0 Å². The molecule has 33 heavy (non-hydrogen) atoms. The van der Waals surface area contributed by atoms with E-state index in [0.29, 0.717) is 24.1 Å². The first-order valence-corrected chi connectivity index (χ1v) is 12.2. The van der Waals surface area contributed by atoms with E-state index in [2.05, 4.69) is 34.2 Å². The van der Waals surface area contributed by atoms with E-state index >= 15 is 0 Å². The van der Waals surface area contributed by atoms with Gasteiger partial charge >= 0.3 is 0 Å². The largest absolute Gasteiger partial charge is 0.483 e. The maximum Gasteiger partial charge on any atom is 0.230 e. The normalized spacial score (nSPS) is 11.8. The van der Waals surface area contributed by atoms with E-state index in [1.807, 2.05) is 55.7 Å². The highest BCUT2D eigenvalue weighted by Crippen LogP contribution is 2.29. The second kappa shape index (κ2) is 11.9. The van der Waals surface area contributed by atoms with Gasteiger partial charge in [-0.2, -0.15) is 0 Å². The number of nitrogens with one attached hydrogen (secondary N) is 1. The summed E-state index contributed by atoms with van der Waals surface area (Å²) in [5, 5.41) is 13.0. The number of ether oxygens (including phenoxy) is 1. The third-order valence-electron chi connectivity index (χ3n) is 5.05. The van der Waals surface area contributed by atoms with Gasteiger partial charge in [-0.3, -0.25) is 9.36 Å². The lowest BCUT2D eigenvalue weighted by Crippen LogP contribution is -2.27. The SMILES string of the molecule is C=CCn1c(SCC(=O)NCCc2ccccc2)nnc1C(C)Oc1cc(C)c(Cl)c(C)c1. The Bertz CT molecular complexity index is 1080. The molecule has 0 bridgehead atoms. The van der Waals surface area contributed by atoms with Gasteiger partial charge in [0.2, 0.25) is 5.91 Å². The molecule has 1 N–H and O–H groups in total. The van der Waals surface area contributed by atoms with Gasteiger partial charge in [0.05, 0.1) is 5.75 Å². The minimum Gasteiger partial charge on any atom is -0.483 e. The van der Waals surface area contributed by atoms with E-state index in [-0.39, 0.29) is 17.8 Å². The Balaban J connectivity index is 1.60. The van der Waals surface area contributed by atoms with Gasteiger partial charge in [-0.05, 0) is 56.0 Å². The summed E-state index contributed by atoms with van der Waals surface area (Å²) in [6, 6.07) is 13.9. The fraction of sp³-hybridized carbons (Fsp3) is 0.320. The van der Waals surface area contributed by atoms with Gasteiger partial charge in [0.15, 0.2) is 17.1 Å². The highest BCUT2D eigenvalue weighted by atomic mass is 35.5. The number of rotatable bonds is 11. The lowest BCUT2D eigenvalue weighted by atomic mass is 10.1. The average molecular weight is 485 g/mol. The maximum absolute atomic E-state index is 12.3. The molecule has 0 radical (unpaired) electrons. The van der Waals surface area contributed by atoms with E-state index in [1.54, 1.807) is 6.08 Å². The molecule has 1 amide bonds. The van der Waals surface area contributed by atoms with Gasteiger partial charge in [-0.25, -0.2) is 0 Å². The summed E-state index contributed by atoms with van der Waals surface area (Å²) in [6.07, 6.45) is 2.23. The van der Waals surface area contributed by atoms with Crippen LogP contribution in [0.3, 0.4) is 0 Å². The van der Waals surface area contributed by atoms with Crippen LogP contribution in [0.2, 0.25) is 5.02 Å². The van der Waals surface area contributed by atoms with Crippen LogP contribution in [0.1, 0.15) is 35.5 Å². The van der Waals surface area contributed by atoms with Crippen molar-refractivity contribution in [3.63, 3.8) is 0 Å². The number of carbonyl (C=O) groups is 1. The fourth-order valence-corrected chi connectivity index (χ4v) is 4.31. The number of hydrogen-bond donors (Lipinski definition) is 1. The smallest absolute Gasteiger partial charge is 0.230 e. The molecule has 1 atom stereocenters. The molecule has 6 nitrogen and oxygen atoms in total. The second-order valence-corrected chi connectivity index (χ2v) is 9.07. The quantitative estimate of drug-likeness (QED) is 0.294. The Morgan fingerprint density at radius 3 is 2.61 bits per heavy atom. The third-order valence-corrected chi connectivity index (χ3v) is 6.62. The number of aryl methyl sites for hydroxylation is 2. The van der Waals surface area contributed by atoms with Crippen molar-refractivity contribution in [3.8, 4) is 5.75 Å². The van der Waals surface area contributed by atoms with Crippen LogP contribution >= 0.6 is 23.4 Å². The molecule has 0 saturated heterocycles. The van der Waals surface area contributed by atoms with E-state index in [0.717, 1.165) is 28.3 Å². The summed E-state index contributed by atoms with van der Waals surface area (Å²) in [5.41, 5.74) is 3.11. The van der Waals surface area contributed by atoms with Crippen LogP contribution in [0.15, 0.2) is 60.3 Å². The molecule has 1 aromatic heterocycles. The van der Waals surface area contributed by atoms with Gasteiger partial charge < -0.3 is 10.1 Å². The summed E-state index contributed by atoms with van der Waals surface area (Å²) in [4.78, 5) is 12.3. The molecule has 0 aliphatic rings. The molecule has 0 fully saturated rings. The maximum atomic E-state index is 12.3. The summed E-state index contributed by atoms with van der Waals surface area (Å²) in [7, 11) is 0. The lowest BCUT2D eigenvalue weighted by Gasteiger charge is -2.17. The molecule has 3 rings (SSSR count). The Kier molecular flexibility index (Phi) is 8.97. The van der Waals surface area contributed by atoms with Crippen LogP contribution in [0.5, 0.6) is 5.75 Å². The molecule has 1 unspecified atom stereocenters. The number of nitrogens with zero attached hydrogens (tertiary/aromatic N) is 3. The number of benzene rings is 2. The highest BCUT2D eigenvalue weighted by Gasteiger charge is 2.20. The van der Waals surface area contributed by atoms with E-state index in [1.165, 1.54) is 17.3 Å². The molecule has 174 valence electrons. The summed E-state index contributed by atoms with van der Waals surface area (Å²) >= 11 is 7.62. The first-order valence-electron chi connectivity index (χ1n) is 10.8. The van der Waals surface area contributed by atoms with Crippen molar-refractivity contribution in [1.29, 1.82) is 0 Å². The van der Waals surface area contributed by atoms with Gasteiger partial charge in [0, 0.05) is 18.1 Å². The van der Waals surface area contributed by atoms with Crippen LogP contribution in [-0.4, -0.2) is 33.0 Å². The van der Waals surface area contributed by atoms with Crippen molar-refractivity contribution in [1.82, 2.24) is 20.1 Å². The molecule has 0 spiro atoms. The molecule has 1 heterocycles. The summed E-state index contributed by atoms with van der Waals surface area (Å²) in [5.74, 6) is 1.62. The monoisotopic (exact) mass is 484 g/mol. The minimum absolute atomic E-state index is 0.0398. The van der Waals surface area contributed by atoms with Crippen LogP contribution in [0, 0.1) is 13.8 Å². The topological polar surface area (TPSA) is 69.0 Å². The predicted octanol–water partition coefficient (Wildman–Crippen LogP) is 5.33. The van der Waals surface area contributed by atoms with Crippen molar-refractivity contribution >= 4 is 29.3 Å². The van der Waals surface area contributed by atoms with Gasteiger partial charge in [-0.15, -0.1) is 16.8 Å². The Hall–Kier alpha value is -2.77. The van der Waals surface area contributed by atoms with Crippen LogP contribution in [0.4, 0.5) is 0 Å². The van der Waals surface area contributed by atoms with E-state index in [9.17, 15) is 4.79 Å². The van der Waals surface area contributed by atoms with Crippen LogP contribution in [-0.2, 0) is 17.8 Å². The fourth-order valence-electron chi connectivity index (χ4n) is 3.41. The zero-order valence-corrected chi connectivity index (χ0v) is 20.7. The zero-order chi connectivity index (χ0) is 23.8. The number of aromatic nitrogens is 3. The van der Waals surface area contributed by atoms with Gasteiger partial charge in [-0.1, -0.05) is 59.8 Å². The standard InChI is InChI=1S/C25H29ClN4O2S/c1-5-13-30-24(19(4)32-21-14-17(2)23(26)18(3)15-21)28-29-25(30)33-16-22(31)27-12-11-20-9-7-6-8-10-20/h5-10,14-15,19H,1,11-13,16H2,2-4H3,(H,27,31). The van der Waals surface area contributed by atoms with Crippen LogP contribution in [0.25, 0.3) is 0 Å². The van der Waals surface area contributed by atoms with E-state index in [4.69, 9.17) is 16.3 Å². The van der Waals surface area contributed by atoms with Crippen molar-refractivity contribution in [2.75, 3.05) is 12.3 Å².